The largest absolute Gasteiger partial charge is 0.457 e. The van der Waals surface area contributed by atoms with Crippen LogP contribution in [0.15, 0.2) is 152 Å². The third-order valence-electron chi connectivity index (χ3n) is 6.60. The van der Waals surface area contributed by atoms with Crippen LogP contribution < -0.4 is 19.1 Å². The second kappa shape index (κ2) is 13.4. The molecule has 0 N–H and O–H groups in total. The zero-order valence-electron chi connectivity index (χ0n) is 24.5. The first-order valence-electron chi connectivity index (χ1n) is 14.0. The summed E-state index contributed by atoms with van der Waals surface area (Å²) in [4.78, 5) is 25.9. The van der Waals surface area contributed by atoms with Gasteiger partial charge >= 0.3 is 11.9 Å². The Balaban J connectivity index is 1.42. The summed E-state index contributed by atoms with van der Waals surface area (Å²) >= 11 is 0. The zero-order chi connectivity index (χ0) is 31.1. The molecule has 0 fully saturated rings. The van der Waals surface area contributed by atoms with Gasteiger partial charge in [0.15, 0.2) is 0 Å². The van der Waals surface area contributed by atoms with Crippen LogP contribution in [0.5, 0.6) is 23.0 Å². The second-order valence-electron chi connectivity index (χ2n) is 10.1. The van der Waals surface area contributed by atoms with Crippen LogP contribution in [-0.2, 0) is 9.59 Å². The van der Waals surface area contributed by atoms with E-state index < -0.39 is 11.9 Å². The van der Waals surface area contributed by atoms with Gasteiger partial charge in [0, 0.05) is 28.2 Å². The quantitative estimate of drug-likeness (QED) is 0.0930. The van der Waals surface area contributed by atoms with Gasteiger partial charge in [-0.2, -0.15) is 0 Å². The van der Waals surface area contributed by atoms with Crippen molar-refractivity contribution in [2.45, 2.75) is 13.8 Å². The third-order valence-corrected chi connectivity index (χ3v) is 6.60. The molecule has 0 atom stereocenters. The zero-order valence-corrected chi connectivity index (χ0v) is 24.5. The number of carbonyl (C=O) groups excluding carboxylic acids is 2. The van der Waals surface area contributed by atoms with E-state index in [4.69, 9.17) is 14.2 Å². The lowest BCUT2D eigenvalue weighted by molar-refractivity contribution is -0.130. The van der Waals surface area contributed by atoms with Crippen LogP contribution in [0.25, 0.3) is 11.1 Å². The Kier molecular flexibility index (Phi) is 9.02. The van der Waals surface area contributed by atoms with E-state index in [-0.39, 0.29) is 0 Å². The number of rotatable bonds is 10. The molecule has 5 rings (SSSR count). The van der Waals surface area contributed by atoms with Crippen molar-refractivity contribution in [1.82, 2.24) is 0 Å². The van der Waals surface area contributed by atoms with E-state index in [1.54, 1.807) is 38.1 Å². The molecular formula is C38H31NO5. The number of nitrogens with zero attached hydrogens (tertiary/aromatic N) is 1. The SMILES string of the molecule is C=C(C)C(=O)Oc1ccc(-c2ccc(N(c3ccc(OC(=O)C(=C)C)cc3)c3ccc(Oc4ccccc4)cc3)cc2)cc1. The summed E-state index contributed by atoms with van der Waals surface area (Å²) in [5.74, 6) is 1.44. The predicted molar refractivity (Wildman–Crippen MR) is 174 cm³/mol. The molecule has 0 aliphatic heterocycles. The van der Waals surface area contributed by atoms with Crippen molar-refractivity contribution in [3.05, 3.63) is 152 Å². The average Bonchev–Trinajstić information content (AvgIpc) is 3.04. The van der Waals surface area contributed by atoms with Gasteiger partial charge in [-0.1, -0.05) is 55.6 Å². The fraction of sp³-hybridized carbons (Fsp3) is 0.0526. The minimum absolute atomic E-state index is 0.330. The molecule has 0 aliphatic carbocycles. The Morgan fingerprint density at radius 2 is 0.818 bits per heavy atom. The summed E-state index contributed by atoms with van der Waals surface area (Å²) in [5.41, 5.74) is 5.35. The maximum absolute atomic E-state index is 12.0. The van der Waals surface area contributed by atoms with Gasteiger partial charge in [0.2, 0.25) is 0 Å². The van der Waals surface area contributed by atoms with Crippen LogP contribution in [0.1, 0.15) is 13.8 Å². The summed E-state index contributed by atoms with van der Waals surface area (Å²) in [6, 6.07) is 40.2. The molecule has 0 bridgehead atoms. The van der Waals surface area contributed by atoms with E-state index in [1.807, 2.05) is 103 Å². The van der Waals surface area contributed by atoms with Crippen LogP contribution >= 0.6 is 0 Å². The fourth-order valence-electron chi connectivity index (χ4n) is 4.31. The molecule has 5 aromatic carbocycles. The Labute approximate surface area is 257 Å². The highest BCUT2D eigenvalue weighted by molar-refractivity contribution is 5.89. The lowest BCUT2D eigenvalue weighted by atomic mass is 10.0. The van der Waals surface area contributed by atoms with E-state index >= 15 is 0 Å². The Hall–Kier alpha value is -5.88. The Morgan fingerprint density at radius 3 is 1.25 bits per heavy atom. The molecule has 0 saturated heterocycles. The number of carbonyl (C=O) groups is 2. The highest BCUT2D eigenvalue weighted by Crippen LogP contribution is 2.37. The molecule has 6 heteroatoms. The van der Waals surface area contributed by atoms with Gasteiger partial charge < -0.3 is 19.1 Å². The van der Waals surface area contributed by atoms with Crippen LogP contribution in [0, 0.1) is 0 Å². The standard InChI is InChI=1S/C38H31NO5/c1-26(2)37(40)43-35-20-12-29(13-21-35)28-10-14-30(15-11-28)39(32-18-24-36(25-19-32)44-38(41)27(3)4)31-16-22-34(23-17-31)42-33-8-6-5-7-9-33/h5-25H,1,3H2,2,4H3. The third kappa shape index (κ3) is 7.30. The van der Waals surface area contributed by atoms with Gasteiger partial charge in [0.05, 0.1) is 0 Å². The highest BCUT2D eigenvalue weighted by Gasteiger charge is 2.15. The number of benzene rings is 5. The molecule has 0 aromatic heterocycles. The molecular weight excluding hydrogens is 550 g/mol. The number of para-hydroxylation sites is 1. The monoisotopic (exact) mass is 581 g/mol. The van der Waals surface area contributed by atoms with Crippen molar-refractivity contribution >= 4 is 29.0 Å². The van der Waals surface area contributed by atoms with E-state index in [2.05, 4.69) is 18.1 Å². The molecule has 0 amide bonds. The van der Waals surface area contributed by atoms with Gasteiger partial charge in [0.25, 0.3) is 0 Å². The first-order valence-corrected chi connectivity index (χ1v) is 14.0. The molecule has 0 spiro atoms. The van der Waals surface area contributed by atoms with Crippen LogP contribution in [-0.4, -0.2) is 11.9 Å². The van der Waals surface area contributed by atoms with Crippen molar-refractivity contribution < 1.29 is 23.8 Å². The molecule has 5 aromatic rings. The molecule has 0 heterocycles. The van der Waals surface area contributed by atoms with E-state index in [0.29, 0.717) is 22.6 Å². The van der Waals surface area contributed by atoms with E-state index in [1.165, 1.54) is 0 Å². The maximum atomic E-state index is 12.0. The summed E-state index contributed by atoms with van der Waals surface area (Å²) in [6.07, 6.45) is 0. The number of anilines is 3. The lowest BCUT2D eigenvalue weighted by Gasteiger charge is -2.26. The van der Waals surface area contributed by atoms with E-state index in [0.717, 1.165) is 39.7 Å². The molecule has 0 aliphatic rings. The average molecular weight is 582 g/mol. The van der Waals surface area contributed by atoms with Crippen LogP contribution in [0.3, 0.4) is 0 Å². The molecule has 0 unspecified atom stereocenters. The van der Waals surface area contributed by atoms with Crippen LogP contribution in [0.4, 0.5) is 17.1 Å². The van der Waals surface area contributed by atoms with Crippen molar-refractivity contribution in [3.63, 3.8) is 0 Å². The summed E-state index contributed by atoms with van der Waals surface area (Å²) in [7, 11) is 0. The highest BCUT2D eigenvalue weighted by atomic mass is 16.5. The molecule has 218 valence electrons. The predicted octanol–water partition coefficient (Wildman–Crippen LogP) is 9.58. The van der Waals surface area contributed by atoms with Gasteiger partial charge in [0.1, 0.15) is 23.0 Å². The van der Waals surface area contributed by atoms with Gasteiger partial charge in [-0.3, -0.25) is 0 Å². The van der Waals surface area contributed by atoms with Gasteiger partial charge in [-0.25, -0.2) is 9.59 Å². The van der Waals surface area contributed by atoms with Crippen molar-refractivity contribution in [1.29, 1.82) is 0 Å². The van der Waals surface area contributed by atoms with Gasteiger partial charge in [-0.05, 0) is 110 Å². The second-order valence-corrected chi connectivity index (χ2v) is 10.1. The molecule has 0 radical (unpaired) electrons. The normalized spacial score (nSPS) is 10.4. The maximum Gasteiger partial charge on any atom is 0.338 e. The number of hydrogen-bond acceptors (Lipinski definition) is 6. The smallest absolute Gasteiger partial charge is 0.338 e. The Bertz CT molecular complexity index is 1770. The molecule has 0 saturated carbocycles. The molecule has 6 nitrogen and oxygen atoms in total. The van der Waals surface area contributed by atoms with Crippen LogP contribution in [0.2, 0.25) is 0 Å². The Morgan fingerprint density at radius 1 is 0.477 bits per heavy atom. The lowest BCUT2D eigenvalue weighted by Crippen LogP contribution is -2.11. The first-order chi connectivity index (χ1) is 21.3. The molecule has 44 heavy (non-hydrogen) atoms. The number of ether oxygens (including phenoxy) is 3. The first kappa shape index (κ1) is 29.6. The topological polar surface area (TPSA) is 65.1 Å². The summed E-state index contributed by atoms with van der Waals surface area (Å²) in [6.45, 7) is 10.5. The minimum atomic E-state index is -0.471. The summed E-state index contributed by atoms with van der Waals surface area (Å²) < 4.78 is 16.7. The number of esters is 2. The van der Waals surface area contributed by atoms with Crippen molar-refractivity contribution in [2.24, 2.45) is 0 Å². The van der Waals surface area contributed by atoms with E-state index in [9.17, 15) is 9.59 Å². The summed E-state index contributed by atoms with van der Waals surface area (Å²) in [5, 5.41) is 0. The van der Waals surface area contributed by atoms with Crippen molar-refractivity contribution in [3.8, 4) is 34.1 Å². The minimum Gasteiger partial charge on any atom is -0.457 e. The number of hydrogen-bond donors (Lipinski definition) is 0. The van der Waals surface area contributed by atoms with Crippen molar-refractivity contribution in [2.75, 3.05) is 4.90 Å². The van der Waals surface area contributed by atoms with Gasteiger partial charge in [-0.15, -0.1) is 0 Å². The fourth-order valence-corrected chi connectivity index (χ4v) is 4.31.